The standard InChI is InChI=1S/C17H17N3O3S/c1-10-9-24-17(15(10)16(18)23)19-13(21)8-20-12-5-3-2-4-11(12)6-7-14(20)22/h2-5,9H,6-8H2,1H3,(H2,18,23)(H,19,21). The molecule has 3 N–H and O–H groups in total. The number of carbonyl (C=O) groups excluding carboxylic acids is 3. The smallest absolute Gasteiger partial charge is 0.251 e. The van der Waals surface area contributed by atoms with Crippen LogP contribution in [-0.2, 0) is 16.0 Å². The van der Waals surface area contributed by atoms with E-state index >= 15 is 0 Å². The lowest BCUT2D eigenvalue weighted by Gasteiger charge is -2.28. The molecular formula is C17H17N3O3S. The van der Waals surface area contributed by atoms with E-state index in [4.69, 9.17) is 5.73 Å². The molecule has 0 unspecified atom stereocenters. The number of primary amides is 1. The molecule has 2 heterocycles. The van der Waals surface area contributed by atoms with Gasteiger partial charge in [0.25, 0.3) is 5.91 Å². The summed E-state index contributed by atoms with van der Waals surface area (Å²) in [6.45, 7) is 1.67. The van der Waals surface area contributed by atoms with Crippen LogP contribution in [0.1, 0.15) is 27.9 Å². The molecule has 0 spiro atoms. The topological polar surface area (TPSA) is 92.5 Å². The molecule has 0 bridgehead atoms. The molecule has 0 saturated heterocycles. The predicted octanol–water partition coefficient (Wildman–Crippen LogP) is 2.07. The Hall–Kier alpha value is -2.67. The number of aryl methyl sites for hydroxylation is 2. The molecule has 0 atom stereocenters. The first-order valence-electron chi connectivity index (χ1n) is 7.53. The molecule has 2 aromatic rings. The lowest BCUT2D eigenvalue weighted by atomic mass is 10.0. The Morgan fingerprint density at radius 3 is 2.79 bits per heavy atom. The minimum atomic E-state index is -0.580. The highest BCUT2D eigenvalue weighted by atomic mass is 32.1. The third-order valence-electron chi connectivity index (χ3n) is 3.97. The fourth-order valence-electron chi connectivity index (χ4n) is 2.82. The molecule has 0 fully saturated rings. The van der Waals surface area contributed by atoms with Gasteiger partial charge in [-0.15, -0.1) is 11.3 Å². The summed E-state index contributed by atoms with van der Waals surface area (Å²) >= 11 is 1.25. The quantitative estimate of drug-likeness (QED) is 0.890. The minimum Gasteiger partial charge on any atom is -0.365 e. The number of benzene rings is 1. The number of hydrogen-bond donors (Lipinski definition) is 2. The van der Waals surface area contributed by atoms with Crippen molar-refractivity contribution in [2.24, 2.45) is 5.73 Å². The molecule has 7 heteroatoms. The number of thiophene rings is 1. The van der Waals surface area contributed by atoms with Gasteiger partial charge in [-0.25, -0.2) is 0 Å². The first-order valence-corrected chi connectivity index (χ1v) is 8.41. The fraction of sp³-hybridized carbons (Fsp3) is 0.235. The molecular weight excluding hydrogens is 326 g/mol. The Morgan fingerprint density at radius 2 is 2.04 bits per heavy atom. The molecule has 1 aliphatic rings. The van der Waals surface area contributed by atoms with Crippen molar-refractivity contribution in [2.45, 2.75) is 19.8 Å². The number of carbonyl (C=O) groups is 3. The summed E-state index contributed by atoms with van der Waals surface area (Å²) in [6.07, 6.45) is 1.07. The summed E-state index contributed by atoms with van der Waals surface area (Å²) in [7, 11) is 0. The van der Waals surface area contributed by atoms with E-state index in [2.05, 4.69) is 5.32 Å². The highest BCUT2D eigenvalue weighted by Crippen LogP contribution is 2.29. The molecule has 124 valence electrons. The molecule has 24 heavy (non-hydrogen) atoms. The van der Waals surface area contributed by atoms with Gasteiger partial charge in [-0.05, 0) is 35.9 Å². The summed E-state index contributed by atoms with van der Waals surface area (Å²) in [6, 6.07) is 7.56. The number of para-hydroxylation sites is 1. The number of hydrogen-bond acceptors (Lipinski definition) is 4. The Morgan fingerprint density at radius 1 is 1.29 bits per heavy atom. The second-order valence-corrected chi connectivity index (χ2v) is 6.52. The van der Waals surface area contributed by atoms with Crippen molar-refractivity contribution in [3.05, 3.63) is 46.3 Å². The third-order valence-corrected chi connectivity index (χ3v) is 4.98. The van der Waals surface area contributed by atoms with Crippen LogP contribution in [0.25, 0.3) is 0 Å². The average Bonchev–Trinajstić information content (AvgIpc) is 2.90. The number of nitrogens with zero attached hydrogens (tertiary/aromatic N) is 1. The third kappa shape index (κ3) is 3.03. The number of anilines is 2. The summed E-state index contributed by atoms with van der Waals surface area (Å²) in [5.41, 5.74) is 8.22. The molecule has 3 rings (SSSR count). The summed E-state index contributed by atoms with van der Waals surface area (Å²) < 4.78 is 0. The SMILES string of the molecule is Cc1csc(NC(=O)CN2C(=O)CCc3ccccc32)c1C(N)=O. The first-order chi connectivity index (χ1) is 11.5. The van der Waals surface area contributed by atoms with Gasteiger partial charge in [0, 0.05) is 12.1 Å². The van der Waals surface area contributed by atoms with Crippen LogP contribution >= 0.6 is 11.3 Å². The Kier molecular flexibility index (Phi) is 4.35. The van der Waals surface area contributed by atoms with Gasteiger partial charge < -0.3 is 16.0 Å². The maximum absolute atomic E-state index is 12.4. The normalized spacial score (nSPS) is 13.5. The van der Waals surface area contributed by atoms with Crippen LogP contribution in [0.2, 0.25) is 0 Å². The minimum absolute atomic E-state index is 0.0821. The van der Waals surface area contributed by atoms with Gasteiger partial charge in [0.15, 0.2) is 0 Å². The van der Waals surface area contributed by atoms with Gasteiger partial charge in [-0.2, -0.15) is 0 Å². The van der Waals surface area contributed by atoms with Crippen molar-refractivity contribution in [3.8, 4) is 0 Å². The number of nitrogens with one attached hydrogen (secondary N) is 1. The predicted molar refractivity (Wildman–Crippen MR) is 93.3 cm³/mol. The van der Waals surface area contributed by atoms with Crippen molar-refractivity contribution in [1.29, 1.82) is 0 Å². The van der Waals surface area contributed by atoms with Gasteiger partial charge in [0.1, 0.15) is 11.5 Å². The van der Waals surface area contributed by atoms with Crippen molar-refractivity contribution in [2.75, 3.05) is 16.8 Å². The zero-order valence-corrected chi connectivity index (χ0v) is 14.0. The Bertz CT molecular complexity index is 828. The van der Waals surface area contributed by atoms with Gasteiger partial charge >= 0.3 is 0 Å². The van der Waals surface area contributed by atoms with Crippen LogP contribution < -0.4 is 16.0 Å². The van der Waals surface area contributed by atoms with Crippen molar-refractivity contribution < 1.29 is 14.4 Å². The lowest BCUT2D eigenvalue weighted by Crippen LogP contribution is -2.40. The van der Waals surface area contributed by atoms with Crippen LogP contribution in [-0.4, -0.2) is 24.3 Å². The molecule has 0 saturated carbocycles. The maximum atomic E-state index is 12.4. The molecule has 1 aromatic carbocycles. The summed E-state index contributed by atoms with van der Waals surface area (Å²) in [4.78, 5) is 37.6. The average molecular weight is 343 g/mol. The summed E-state index contributed by atoms with van der Waals surface area (Å²) in [5.74, 6) is -1.02. The number of rotatable bonds is 4. The second-order valence-electron chi connectivity index (χ2n) is 5.64. The molecule has 0 aliphatic carbocycles. The van der Waals surface area contributed by atoms with E-state index in [1.54, 1.807) is 12.3 Å². The van der Waals surface area contributed by atoms with E-state index in [9.17, 15) is 14.4 Å². The molecule has 3 amide bonds. The largest absolute Gasteiger partial charge is 0.365 e. The maximum Gasteiger partial charge on any atom is 0.251 e. The van der Waals surface area contributed by atoms with Crippen molar-refractivity contribution >= 4 is 39.7 Å². The molecule has 1 aromatic heterocycles. The number of fused-ring (bicyclic) bond motifs is 1. The van der Waals surface area contributed by atoms with Gasteiger partial charge in [0.05, 0.1) is 5.56 Å². The van der Waals surface area contributed by atoms with Crippen LogP contribution in [0, 0.1) is 6.92 Å². The monoisotopic (exact) mass is 343 g/mol. The van der Waals surface area contributed by atoms with Gasteiger partial charge in [-0.3, -0.25) is 14.4 Å². The van der Waals surface area contributed by atoms with E-state index in [-0.39, 0.29) is 18.4 Å². The fourth-order valence-corrected chi connectivity index (χ4v) is 3.79. The van der Waals surface area contributed by atoms with E-state index < -0.39 is 5.91 Å². The summed E-state index contributed by atoms with van der Waals surface area (Å²) in [5, 5.41) is 4.88. The highest BCUT2D eigenvalue weighted by Gasteiger charge is 2.26. The van der Waals surface area contributed by atoms with Gasteiger partial charge in [-0.1, -0.05) is 18.2 Å². The Labute approximate surface area is 143 Å². The lowest BCUT2D eigenvalue weighted by molar-refractivity contribution is -0.121. The Balaban J connectivity index is 1.78. The zero-order valence-electron chi connectivity index (χ0n) is 13.2. The van der Waals surface area contributed by atoms with Crippen LogP contribution in [0.4, 0.5) is 10.7 Å². The van der Waals surface area contributed by atoms with Gasteiger partial charge in [0.2, 0.25) is 11.8 Å². The van der Waals surface area contributed by atoms with Crippen molar-refractivity contribution in [3.63, 3.8) is 0 Å². The molecule has 1 aliphatic heterocycles. The number of amides is 3. The van der Waals surface area contributed by atoms with E-state index in [1.165, 1.54) is 16.2 Å². The number of nitrogens with two attached hydrogens (primary N) is 1. The van der Waals surface area contributed by atoms with E-state index in [0.29, 0.717) is 23.4 Å². The first kappa shape index (κ1) is 16.2. The van der Waals surface area contributed by atoms with Crippen LogP contribution in [0.15, 0.2) is 29.6 Å². The molecule has 0 radical (unpaired) electrons. The second kappa shape index (κ2) is 6.45. The highest BCUT2D eigenvalue weighted by molar-refractivity contribution is 7.15. The van der Waals surface area contributed by atoms with E-state index in [0.717, 1.165) is 16.8 Å². The van der Waals surface area contributed by atoms with Crippen LogP contribution in [0.3, 0.4) is 0 Å². The van der Waals surface area contributed by atoms with E-state index in [1.807, 2.05) is 24.3 Å². The van der Waals surface area contributed by atoms with Crippen molar-refractivity contribution in [1.82, 2.24) is 0 Å². The zero-order chi connectivity index (χ0) is 17.3. The molecule has 6 nitrogen and oxygen atoms in total. The van der Waals surface area contributed by atoms with Crippen LogP contribution in [0.5, 0.6) is 0 Å².